The van der Waals surface area contributed by atoms with Crippen LogP contribution in [0.2, 0.25) is 5.02 Å². The summed E-state index contributed by atoms with van der Waals surface area (Å²) in [5, 5.41) is 3.20. The first-order chi connectivity index (χ1) is 12.1. The summed E-state index contributed by atoms with van der Waals surface area (Å²) in [7, 11) is -3.59. The Balaban J connectivity index is 1.89. The van der Waals surface area contributed by atoms with Crippen LogP contribution in [0, 0.1) is 13.8 Å². The van der Waals surface area contributed by atoms with Crippen molar-refractivity contribution in [2.45, 2.75) is 20.0 Å². The van der Waals surface area contributed by atoms with E-state index in [1.807, 2.05) is 32.0 Å². The second-order valence-electron chi connectivity index (χ2n) is 6.32. The highest BCUT2D eigenvalue weighted by Gasteiger charge is 2.35. The van der Waals surface area contributed by atoms with Crippen LogP contribution in [-0.4, -0.2) is 33.2 Å². The van der Waals surface area contributed by atoms with E-state index in [2.05, 4.69) is 5.32 Å². The maximum absolute atomic E-state index is 12.7. The molecule has 0 aliphatic carbocycles. The van der Waals surface area contributed by atoms with Gasteiger partial charge in [-0.25, -0.2) is 8.42 Å². The maximum Gasteiger partial charge on any atom is 0.267 e. The summed E-state index contributed by atoms with van der Waals surface area (Å²) in [6, 6.07) is 10.3. The van der Waals surface area contributed by atoms with Gasteiger partial charge in [0.25, 0.3) is 5.91 Å². The molecule has 6 nitrogen and oxygen atoms in total. The summed E-state index contributed by atoms with van der Waals surface area (Å²) in [4.78, 5) is 12.7. The number of nitrogens with zero attached hydrogens (tertiary/aromatic N) is 1. The van der Waals surface area contributed by atoms with Crippen LogP contribution in [0.4, 0.5) is 11.4 Å². The normalized spacial score (nSPS) is 16.6. The van der Waals surface area contributed by atoms with Crippen molar-refractivity contribution in [3.63, 3.8) is 0 Å². The van der Waals surface area contributed by atoms with Crippen LogP contribution in [0.15, 0.2) is 36.4 Å². The first-order valence-electron chi connectivity index (χ1n) is 7.97. The molecule has 26 heavy (non-hydrogen) atoms. The van der Waals surface area contributed by atoms with Gasteiger partial charge in [-0.15, -0.1) is 0 Å². The number of carbonyl (C=O) groups is 1. The molecule has 0 bridgehead atoms. The van der Waals surface area contributed by atoms with E-state index in [9.17, 15) is 13.2 Å². The molecule has 0 radical (unpaired) electrons. The zero-order valence-corrected chi connectivity index (χ0v) is 16.2. The van der Waals surface area contributed by atoms with E-state index in [0.29, 0.717) is 22.1 Å². The Morgan fingerprint density at radius 2 is 1.96 bits per heavy atom. The highest BCUT2D eigenvalue weighted by atomic mass is 35.5. The molecule has 0 unspecified atom stereocenters. The van der Waals surface area contributed by atoms with Gasteiger partial charge in [0.2, 0.25) is 10.0 Å². The molecular formula is C18H19ClN2O4S. The van der Waals surface area contributed by atoms with Gasteiger partial charge in [-0.3, -0.25) is 9.10 Å². The number of hydrogen-bond acceptors (Lipinski definition) is 4. The van der Waals surface area contributed by atoms with E-state index >= 15 is 0 Å². The predicted octanol–water partition coefficient (Wildman–Crippen LogP) is 3.12. The fourth-order valence-corrected chi connectivity index (χ4v) is 3.91. The molecule has 3 rings (SSSR count). The van der Waals surface area contributed by atoms with Gasteiger partial charge in [0.05, 0.1) is 18.5 Å². The third kappa shape index (κ3) is 3.78. The number of hydrogen-bond donors (Lipinski definition) is 1. The average Bonchev–Trinajstić information content (AvgIpc) is 2.55. The quantitative estimate of drug-likeness (QED) is 0.867. The summed E-state index contributed by atoms with van der Waals surface area (Å²) >= 11 is 5.97. The van der Waals surface area contributed by atoms with Crippen LogP contribution in [0.3, 0.4) is 0 Å². The van der Waals surface area contributed by atoms with E-state index in [1.165, 1.54) is 6.07 Å². The highest BCUT2D eigenvalue weighted by molar-refractivity contribution is 7.92. The molecular weight excluding hydrogens is 376 g/mol. The molecule has 1 N–H and O–H groups in total. The standard InChI is InChI=1S/C18H19ClN2O4S/c1-11-4-6-14(12(2)8-11)20-18(22)17-10-21(26(3,23)24)15-9-13(19)5-7-16(15)25-17/h4-9,17H,10H2,1-3H3,(H,20,22)/t17-/m0/s1. The molecule has 8 heteroatoms. The monoisotopic (exact) mass is 394 g/mol. The first kappa shape index (κ1) is 18.5. The average molecular weight is 395 g/mol. The second-order valence-corrected chi connectivity index (χ2v) is 8.66. The van der Waals surface area contributed by atoms with Crippen LogP contribution in [-0.2, 0) is 14.8 Å². The van der Waals surface area contributed by atoms with Crippen molar-refractivity contribution < 1.29 is 17.9 Å². The molecule has 1 amide bonds. The number of fused-ring (bicyclic) bond motifs is 1. The molecule has 0 fully saturated rings. The zero-order chi connectivity index (χ0) is 19.1. The minimum atomic E-state index is -3.59. The van der Waals surface area contributed by atoms with E-state index in [1.54, 1.807) is 12.1 Å². The predicted molar refractivity (Wildman–Crippen MR) is 103 cm³/mol. The lowest BCUT2D eigenvalue weighted by molar-refractivity contribution is -0.122. The van der Waals surface area contributed by atoms with Crippen molar-refractivity contribution in [2.75, 3.05) is 22.4 Å². The van der Waals surface area contributed by atoms with Crippen LogP contribution >= 0.6 is 11.6 Å². The Morgan fingerprint density at radius 3 is 2.62 bits per heavy atom. The van der Waals surface area contributed by atoms with E-state index in [4.69, 9.17) is 16.3 Å². The SMILES string of the molecule is Cc1ccc(NC(=O)[C@@H]2CN(S(C)(=O)=O)c3cc(Cl)ccc3O2)c(C)c1. The van der Waals surface area contributed by atoms with Crippen LogP contribution in [0.5, 0.6) is 5.75 Å². The minimum Gasteiger partial charge on any atom is -0.476 e. The number of nitrogens with one attached hydrogen (secondary N) is 1. The summed E-state index contributed by atoms with van der Waals surface area (Å²) in [6.07, 6.45) is 0.112. The van der Waals surface area contributed by atoms with Crippen molar-refractivity contribution in [1.29, 1.82) is 0 Å². The summed E-state index contributed by atoms with van der Waals surface area (Å²) in [5.41, 5.74) is 3.00. The minimum absolute atomic E-state index is 0.122. The van der Waals surface area contributed by atoms with E-state index in [-0.39, 0.29) is 6.54 Å². The molecule has 0 aromatic heterocycles. The Morgan fingerprint density at radius 1 is 1.23 bits per heavy atom. The van der Waals surface area contributed by atoms with Gasteiger partial charge in [0, 0.05) is 10.7 Å². The van der Waals surface area contributed by atoms with Gasteiger partial charge in [-0.1, -0.05) is 29.3 Å². The fraction of sp³-hybridized carbons (Fsp3) is 0.278. The summed E-state index contributed by atoms with van der Waals surface area (Å²) in [6.45, 7) is 3.74. The molecule has 2 aromatic rings. The maximum atomic E-state index is 12.7. The largest absolute Gasteiger partial charge is 0.476 e. The Bertz CT molecular complexity index is 975. The number of sulfonamides is 1. The van der Waals surface area contributed by atoms with Crippen LogP contribution in [0.25, 0.3) is 0 Å². The van der Waals surface area contributed by atoms with Gasteiger partial charge in [0.1, 0.15) is 5.75 Å². The lowest BCUT2D eigenvalue weighted by Crippen LogP contribution is -2.48. The zero-order valence-electron chi connectivity index (χ0n) is 14.6. The topological polar surface area (TPSA) is 75.7 Å². The van der Waals surface area contributed by atoms with Crippen LogP contribution < -0.4 is 14.4 Å². The molecule has 1 atom stereocenters. The van der Waals surface area contributed by atoms with Gasteiger partial charge in [-0.05, 0) is 43.7 Å². The Kier molecular flexibility index (Phi) is 4.86. The van der Waals surface area contributed by atoms with Crippen molar-refractivity contribution in [1.82, 2.24) is 0 Å². The van der Waals surface area contributed by atoms with E-state index in [0.717, 1.165) is 21.7 Å². The number of ether oxygens (including phenoxy) is 1. The van der Waals surface area contributed by atoms with Gasteiger partial charge in [-0.2, -0.15) is 0 Å². The Labute approximate surface area is 157 Å². The van der Waals surface area contributed by atoms with Gasteiger partial charge in [0.15, 0.2) is 6.10 Å². The van der Waals surface area contributed by atoms with Crippen molar-refractivity contribution >= 4 is 38.9 Å². The summed E-state index contributed by atoms with van der Waals surface area (Å²) < 4.78 is 31.2. The molecule has 138 valence electrons. The number of amides is 1. The number of rotatable bonds is 3. The number of aryl methyl sites for hydroxylation is 2. The molecule has 0 saturated carbocycles. The molecule has 0 saturated heterocycles. The fourth-order valence-electron chi connectivity index (χ4n) is 2.84. The van der Waals surface area contributed by atoms with Crippen LogP contribution in [0.1, 0.15) is 11.1 Å². The number of benzene rings is 2. The lowest BCUT2D eigenvalue weighted by atomic mass is 10.1. The first-order valence-corrected chi connectivity index (χ1v) is 10.2. The molecule has 1 heterocycles. The molecule has 0 spiro atoms. The van der Waals surface area contributed by atoms with E-state index < -0.39 is 22.0 Å². The Hall–Kier alpha value is -2.25. The highest BCUT2D eigenvalue weighted by Crippen LogP contribution is 2.37. The smallest absolute Gasteiger partial charge is 0.267 e. The molecule has 2 aromatic carbocycles. The number of halogens is 1. The van der Waals surface area contributed by atoms with Crippen molar-refractivity contribution in [2.24, 2.45) is 0 Å². The van der Waals surface area contributed by atoms with Gasteiger partial charge < -0.3 is 10.1 Å². The van der Waals surface area contributed by atoms with Gasteiger partial charge >= 0.3 is 0 Å². The third-order valence-electron chi connectivity index (χ3n) is 4.12. The third-order valence-corrected chi connectivity index (χ3v) is 5.50. The second kappa shape index (κ2) is 6.81. The lowest BCUT2D eigenvalue weighted by Gasteiger charge is -2.34. The summed E-state index contributed by atoms with van der Waals surface area (Å²) in [5.74, 6) is -0.113. The van der Waals surface area contributed by atoms with Crippen molar-refractivity contribution in [3.8, 4) is 5.75 Å². The van der Waals surface area contributed by atoms with Crippen molar-refractivity contribution in [3.05, 3.63) is 52.5 Å². The number of anilines is 2. The molecule has 1 aliphatic rings. The number of carbonyl (C=O) groups excluding carboxylic acids is 1. The molecule has 1 aliphatic heterocycles.